The molecule has 104 valence electrons. The molecule has 1 unspecified atom stereocenters. The van der Waals surface area contributed by atoms with Crippen LogP contribution in [0.1, 0.15) is 0 Å². The smallest absolute Gasteiger partial charge is 0.339 e. The predicted molar refractivity (Wildman–Crippen MR) is 65.6 cm³/mol. The summed E-state index contributed by atoms with van der Waals surface area (Å²) in [4.78, 5) is 35.7. The second-order valence-electron chi connectivity index (χ2n) is 3.17. The molecule has 0 fully saturated rings. The summed E-state index contributed by atoms with van der Waals surface area (Å²) in [5, 5.41) is 3.91. The number of thiol groups is 1. The van der Waals surface area contributed by atoms with Crippen LogP contribution in [-0.2, 0) is 20.5 Å². The Bertz CT molecular complexity index is 306. The Kier molecular flexibility index (Phi) is 7.23. The molecule has 0 aliphatic heterocycles. The fraction of sp³-hybridized carbons (Fsp3) is 1.00. The van der Waals surface area contributed by atoms with E-state index in [0.29, 0.717) is 4.90 Å². The average Bonchev–Trinajstić information content (AvgIpc) is 1.96. The first-order chi connectivity index (χ1) is 7.46. The molecule has 0 aliphatic carbocycles. The van der Waals surface area contributed by atoms with Crippen LogP contribution in [0, 0.1) is 0 Å². The number of hydrogen-bond acceptors (Lipinski definition) is 6. The lowest BCUT2D eigenvalue weighted by atomic mass is 10.7. The molecule has 6 N–H and O–H groups in total. The molecule has 0 bridgehead atoms. The molecular weight excluding hydrogens is 314 g/mol. The zero-order valence-corrected chi connectivity index (χ0v) is 12.0. The maximum Gasteiger partial charge on any atom is 0.339 e. The molecule has 9 nitrogen and oxygen atoms in total. The van der Waals surface area contributed by atoms with Crippen molar-refractivity contribution in [1.29, 1.82) is 0 Å². The van der Waals surface area contributed by atoms with E-state index in [1.165, 1.54) is 0 Å². The summed E-state index contributed by atoms with van der Waals surface area (Å²) in [5.41, 5.74) is 0. The van der Waals surface area contributed by atoms with Crippen molar-refractivity contribution in [2.75, 3.05) is 18.3 Å². The van der Waals surface area contributed by atoms with Gasteiger partial charge in [-0.05, 0) is 0 Å². The highest BCUT2D eigenvalue weighted by Gasteiger charge is 2.35. The van der Waals surface area contributed by atoms with Crippen molar-refractivity contribution in [3.8, 4) is 0 Å². The zero-order chi connectivity index (χ0) is 13.9. The van der Waals surface area contributed by atoms with Crippen molar-refractivity contribution >= 4 is 39.2 Å². The third kappa shape index (κ3) is 8.57. The van der Waals surface area contributed by atoms with Gasteiger partial charge in [0.15, 0.2) is 5.37 Å². The molecule has 0 saturated carbocycles. The van der Waals surface area contributed by atoms with Gasteiger partial charge < -0.3 is 24.1 Å². The summed E-state index contributed by atoms with van der Waals surface area (Å²) < 4.78 is 32.7. The minimum atomic E-state index is -4.56. The lowest BCUT2D eigenvalue weighted by molar-refractivity contribution is 0.270. The van der Waals surface area contributed by atoms with E-state index in [-0.39, 0.29) is 5.75 Å². The van der Waals surface area contributed by atoms with E-state index in [4.69, 9.17) is 24.7 Å². The molecule has 0 radical (unpaired) electrons. The van der Waals surface area contributed by atoms with Gasteiger partial charge in [-0.1, -0.05) is 0 Å². The summed E-state index contributed by atoms with van der Waals surface area (Å²) in [6.45, 7) is 0. The van der Waals surface area contributed by atoms with E-state index in [9.17, 15) is 13.7 Å². The largest absolute Gasteiger partial charge is 0.597 e. The maximum absolute atomic E-state index is 11.1. The SMILES string of the molecule is N[S+]([O-])[C@H](CS)N(CP(=O)(O)O)CP(=O)(O)O. The highest BCUT2D eigenvalue weighted by molar-refractivity contribution is 7.91. The third-order valence-corrected chi connectivity index (χ3v) is 4.62. The molecule has 0 aromatic heterocycles. The number of hydrogen-bond donors (Lipinski definition) is 6. The van der Waals surface area contributed by atoms with Crippen LogP contribution in [-0.4, -0.2) is 52.7 Å². The Morgan fingerprint density at radius 1 is 1.24 bits per heavy atom. The van der Waals surface area contributed by atoms with Gasteiger partial charge in [0.2, 0.25) is 0 Å². The predicted octanol–water partition coefficient (Wildman–Crippen LogP) is -1.56. The van der Waals surface area contributed by atoms with Gasteiger partial charge in [0.25, 0.3) is 0 Å². The van der Waals surface area contributed by atoms with E-state index in [1.807, 2.05) is 0 Å². The fourth-order valence-electron chi connectivity index (χ4n) is 1.04. The van der Waals surface area contributed by atoms with E-state index >= 15 is 0 Å². The van der Waals surface area contributed by atoms with Crippen molar-refractivity contribution in [1.82, 2.24) is 4.90 Å². The van der Waals surface area contributed by atoms with E-state index in [2.05, 4.69) is 12.6 Å². The zero-order valence-electron chi connectivity index (χ0n) is 8.49. The number of rotatable bonds is 7. The van der Waals surface area contributed by atoms with Gasteiger partial charge in [-0.15, -0.1) is 0 Å². The van der Waals surface area contributed by atoms with E-state index < -0.39 is 44.5 Å². The minimum Gasteiger partial charge on any atom is -0.597 e. The first-order valence-electron chi connectivity index (χ1n) is 4.05. The monoisotopic (exact) mass is 328 g/mol. The van der Waals surface area contributed by atoms with Gasteiger partial charge in [-0.25, -0.2) is 4.90 Å². The Morgan fingerprint density at radius 3 is 1.76 bits per heavy atom. The summed E-state index contributed by atoms with van der Waals surface area (Å²) in [6.07, 6.45) is -1.90. The molecular formula is C4H14N2O7P2S2. The van der Waals surface area contributed by atoms with E-state index in [0.717, 1.165) is 0 Å². The Morgan fingerprint density at radius 2 is 1.59 bits per heavy atom. The Balaban J connectivity index is 4.96. The van der Waals surface area contributed by atoms with Crippen LogP contribution in [0.3, 0.4) is 0 Å². The minimum absolute atomic E-state index is 0.164. The first-order valence-corrected chi connectivity index (χ1v) is 9.55. The molecule has 0 heterocycles. The fourth-order valence-corrected chi connectivity index (χ4v) is 4.22. The second kappa shape index (κ2) is 6.88. The molecule has 2 atom stereocenters. The van der Waals surface area contributed by atoms with Gasteiger partial charge >= 0.3 is 15.2 Å². The Hall–Kier alpha value is 0.880. The standard InChI is InChI=1S/C4H14N2O7P2S2/c5-17(13)4(1-16)6(2-14(7,8)9)3-15(10,11)12/h4,16H,1-3,5H2,(H2,7,8,9)(H2,10,11,12)/t4-,17?/m1/s1. The van der Waals surface area contributed by atoms with E-state index in [1.54, 1.807) is 0 Å². The lowest BCUT2D eigenvalue weighted by Gasteiger charge is -2.29. The van der Waals surface area contributed by atoms with Crippen molar-refractivity contribution in [3.63, 3.8) is 0 Å². The third-order valence-electron chi connectivity index (χ3n) is 1.56. The highest BCUT2D eigenvalue weighted by atomic mass is 32.2. The molecule has 0 saturated heterocycles. The van der Waals surface area contributed by atoms with Gasteiger partial charge in [0.1, 0.15) is 12.6 Å². The highest BCUT2D eigenvalue weighted by Crippen LogP contribution is 2.42. The second-order valence-corrected chi connectivity index (χ2v) is 7.96. The summed E-state index contributed by atoms with van der Waals surface area (Å²) in [5.74, 6) is -0.164. The van der Waals surface area contributed by atoms with Crippen LogP contribution in [0.5, 0.6) is 0 Å². The van der Waals surface area contributed by atoms with Crippen LogP contribution < -0.4 is 5.14 Å². The van der Waals surface area contributed by atoms with Gasteiger partial charge in [-0.3, -0.25) is 9.13 Å². The summed E-state index contributed by atoms with van der Waals surface area (Å²) >= 11 is 1.73. The summed E-state index contributed by atoms with van der Waals surface area (Å²) in [7, 11) is -9.11. The average molecular weight is 328 g/mol. The molecule has 0 aromatic carbocycles. The lowest BCUT2D eigenvalue weighted by Crippen LogP contribution is -2.46. The Labute approximate surface area is 106 Å². The molecule has 0 rings (SSSR count). The first kappa shape index (κ1) is 17.9. The molecule has 0 aliphatic rings. The van der Waals surface area contributed by atoms with Crippen LogP contribution in [0.2, 0.25) is 0 Å². The van der Waals surface area contributed by atoms with Crippen LogP contribution in [0.15, 0.2) is 0 Å². The number of nitrogens with two attached hydrogens (primary N) is 1. The van der Waals surface area contributed by atoms with Crippen LogP contribution in [0.4, 0.5) is 0 Å². The van der Waals surface area contributed by atoms with Gasteiger partial charge in [0, 0.05) is 0 Å². The molecule has 0 amide bonds. The molecule has 0 aromatic rings. The molecule has 13 heteroatoms. The number of nitrogens with zero attached hydrogens (tertiary/aromatic N) is 1. The maximum atomic E-state index is 11.1. The van der Waals surface area contributed by atoms with Gasteiger partial charge in [0.05, 0.1) is 17.1 Å². The van der Waals surface area contributed by atoms with Crippen molar-refractivity contribution in [3.05, 3.63) is 0 Å². The van der Waals surface area contributed by atoms with Crippen molar-refractivity contribution < 1.29 is 33.3 Å². The normalized spacial score (nSPS) is 17.2. The molecule has 17 heavy (non-hydrogen) atoms. The van der Waals surface area contributed by atoms with Gasteiger partial charge in [-0.2, -0.15) is 17.8 Å². The van der Waals surface area contributed by atoms with Crippen molar-refractivity contribution in [2.45, 2.75) is 5.37 Å². The molecule has 0 spiro atoms. The van der Waals surface area contributed by atoms with Crippen LogP contribution >= 0.6 is 27.8 Å². The quantitative estimate of drug-likeness (QED) is 0.184. The summed E-state index contributed by atoms with van der Waals surface area (Å²) in [6, 6.07) is 0. The topological polar surface area (TPSA) is 167 Å². The van der Waals surface area contributed by atoms with Crippen LogP contribution in [0.25, 0.3) is 0 Å². The van der Waals surface area contributed by atoms with Crippen molar-refractivity contribution in [2.24, 2.45) is 5.14 Å².